The van der Waals surface area contributed by atoms with E-state index in [2.05, 4.69) is 5.32 Å². The fourth-order valence-electron chi connectivity index (χ4n) is 3.15. The highest BCUT2D eigenvalue weighted by atomic mass is 32.2. The van der Waals surface area contributed by atoms with Crippen molar-refractivity contribution < 1.29 is 22.7 Å². The summed E-state index contributed by atoms with van der Waals surface area (Å²) in [5.74, 6) is -0.197. The number of nitrogens with zero attached hydrogens (tertiary/aromatic N) is 1. The first kappa shape index (κ1) is 17.3. The first-order valence-corrected chi connectivity index (χ1v) is 9.55. The molecular weight excluding hydrogens is 332 g/mol. The second-order valence-corrected chi connectivity index (χ2v) is 7.88. The van der Waals surface area contributed by atoms with Crippen LogP contribution in [-0.4, -0.2) is 50.7 Å². The van der Waals surface area contributed by atoms with Gasteiger partial charge in [0.05, 0.1) is 24.2 Å². The summed E-state index contributed by atoms with van der Waals surface area (Å²) >= 11 is 0. The first-order valence-electron chi connectivity index (χ1n) is 8.11. The molecule has 2 fully saturated rings. The molecule has 1 atom stereocenters. The Morgan fingerprint density at radius 2 is 1.83 bits per heavy atom. The van der Waals surface area contributed by atoms with E-state index in [0.29, 0.717) is 25.4 Å². The lowest BCUT2D eigenvalue weighted by Crippen LogP contribution is -2.50. The molecule has 0 unspecified atom stereocenters. The Kier molecular flexibility index (Phi) is 5.19. The monoisotopic (exact) mass is 354 g/mol. The second-order valence-electron chi connectivity index (χ2n) is 5.99. The summed E-state index contributed by atoms with van der Waals surface area (Å²) in [4.78, 5) is 11.3. The molecule has 8 heteroatoms. The van der Waals surface area contributed by atoms with Crippen LogP contribution in [0, 0.1) is 0 Å². The fraction of sp³-hybridized carbons (Fsp3) is 0.562. The number of benzene rings is 1. The minimum absolute atomic E-state index is 0.197. The third kappa shape index (κ3) is 3.61. The van der Waals surface area contributed by atoms with Gasteiger partial charge in [-0.05, 0) is 37.1 Å². The van der Waals surface area contributed by atoms with Crippen molar-refractivity contribution in [3.05, 3.63) is 24.3 Å². The smallest absolute Gasteiger partial charge is 0.243 e. The molecule has 0 spiro atoms. The first-order chi connectivity index (χ1) is 11.5. The van der Waals surface area contributed by atoms with Gasteiger partial charge in [0.15, 0.2) is 6.29 Å². The van der Waals surface area contributed by atoms with E-state index >= 15 is 0 Å². The van der Waals surface area contributed by atoms with Crippen molar-refractivity contribution >= 4 is 21.6 Å². The van der Waals surface area contributed by atoms with E-state index in [9.17, 15) is 13.2 Å². The molecule has 1 aromatic rings. The molecule has 0 saturated carbocycles. The summed E-state index contributed by atoms with van der Waals surface area (Å²) in [6.45, 7) is 2.87. The molecule has 1 aromatic carbocycles. The molecule has 24 heavy (non-hydrogen) atoms. The minimum Gasteiger partial charge on any atom is -0.349 e. The van der Waals surface area contributed by atoms with E-state index in [4.69, 9.17) is 9.47 Å². The van der Waals surface area contributed by atoms with Crippen LogP contribution in [0.2, 0.25) is 0 Å². The van der Waals surface area contributed by atoms with Crippen molar-refractivity contribution in [3.8, 4) is 0 Å². The van der Waals surface area contributed by atoms with Crippen molar-refractivity contribution in [2.45, 2.75) is 43.4 Å². The number of hydrogen-bond donors (Lipinski definition) is 1. The maximum absolute atomic E-state index is 13.0. The molecule has 2 aliphatic heterocycles. The lowest BCUT2D eigenvalue weighted by molar-refractivity contribution is -0.114. The quantitative estimate of drug-likeness (QED) is 0.887. The highest BCUT2D eigenvalue weighted by Gasteiger charge is 2.40. The number of carbonyl (C=O) groups is 1. The third-order valence-electron chi connectivity index (χ3n) is 4.24. The number of amides is 1. The van der Waals surface area contributed by atoms with Gasteiger partial charge < -0.3 is 14.8 Å². The number of sulfonamides is 1. The van der Waals surface area contributed by atoms with E-state index in [1.165, 1.54) is 23.4 Å². The zero-order chi connectivity index (χ0) is 17.2. The van der Waals surface area contributed by atoms with Gasteiger partial charge in [-0.2, -0.15) is 4.31 Å². The lowest BCUT2D eigenvalue weighted by atomic mass is 10.0. The van der Waals surface area contributed by atoms with E-state index in [-0.39, 0.29) is 16.8 Å². The fourth-order valence-corrected chi connectivity index (χ4v) is 4.83. The maximum Gasteiger partial charge on any atom is 0.243 e. The maximum atomic E-state index is 13.0. The Hall–Kier alpha value is -1.48. The van der Waals surface area contributed by atoms with Crippen molar-refractivity contribution in [2.75, 3.05) is 25.1 Å². The summed E-state index contributed by atoms with van der Waals surface area (Å²) in [5, 5.41) is 2.63. The van der Waals surface area contributed by atoms with Gasteiger partial charge >= 0.3 is 0 Å². The molecule has 3 rings (SSSR count). The highest BCUT2D eigenvalue weighted by Crippen LogP contribution is 2.30. The largest absolute Gasteiger partial charge is 0.349 e. The Bertz CT molecular complexity index is 683. The Morgan fingerprint density at radius 3 is 2.46 bits per heavy atom. The van der Waals surface area contributed by atoms with Crippen LogP contribution in [0.4, 0.5) is 5.69 Å². The van der Waals surface area contributed by atoms with Crippen LogP contribution in [0.15, 0.2) is 29.2 Å². The van der Waals surface area contributed by atoms with Gasteiger partial charge in [-0.3, -0.25) is 4.79 Å². The summed E-state index contributed by atoms with van der Waals surface area (Å²) in [6.07, 6.45) is 2.03. The molecule has 2 heterocycles. The van der Waals surface area contributed by atoms with Crippen LogP contribution in [0.1, 0.15) is 26.2 Å². The number of hydrogen-bond acceptors (Lipinski definition) is 5. The molecule has 1 N–H and O–H groups in total. The zero-order valence-electron chi connectivity index (χ0n) is 13.6. The van der Waals surface area contributed by atoms with Crippen LogP contribution in [-0.2, 0) is 24.3 Å². The number of rotatable bonds is 4. The zero-order valence-corrected chi connectivity index (χ0v) is 14.4. The van der Waals surface area contributed by atoms with Gasteiger partial charge in [-0.25, -0.2) is 8.42 Å². The molecule has 0 aliphatic carbocycles. The highest BCUT2D eigenvalue weighted by molar-refractivity contribution is 7.89. The van der Waals surface area contributed by atoms with E-state index in [0.717, 1.165) is 19.3 Å². The van der Waals surface area contributed by atoms with E-state index in [1.54, 1.807) is 12.1 Å². The van der Waals surface area contributed by atoms with Crippen LogP contribution in [0.5, 0.6) is 0 Å². The summed E-state index contributed by atoms with van der Waals surface area (Å²) in [6, 6.07) is 5.93. The molecule has 7 nitrogen and oxygen atoms in total. The van der Waals surface area contributed by atoms with Crippen LogP contribution in [0.3, 0.4) is 0 Å². The number of ether oxygens (including phenoxy) is 2. The molecule has 0 radical (unpaired) electrons. The molecule has 2 saturated heterocycles. The standard InChI is InChI=1S/C16H22N2O5S/c1-12(19)17-13-5-7-14(8-6-13)24(20,21)18-9-3-2-4-15(18)16-22-10-11-23-16/h5-8,15-16H,2-4,9-11H2,1H3,(H,17,19)/t15-/m0/s1. The average Bonchev–Trinajstić information content (AvgIpc) is 3.09. The van der Waals surface area contributed by atoms with Crippen LogP contribution < -0.4 is 5.32 Å². The Labute approximate surface area is 142 Å². The average molecular weight is 354 g/mol. The third-order valence-corrected chi connectivity index (χ3v) is 6.18. The van der Waals surface area contributed by atoms with Crippen molar-refractivity contribution in [2.24, 2.45) is 0 Å². The van der Waals surface area contributed by atoms with Gasteiger partial charge in [0.2, 0.25) is 15.9 Å². The summed E-state index contributed by atoms with van der Waals surface area (Å²) in [7, 11) is -3.63. The van der Waals surface area contributed by atoms with E-state index < -0.39 is 16.3 Å². The van der Waals surface area contributed by atoms with Crippen LogP contribution >= 0.6 is 0 Å². The Morgan fingerprint density at radius 1 is 1.17 bits per heavy atom. The number of nitrogens with one attached hydrogen (secondary N) is 1. The molecule has 1 amide bonds. The summed E-state index contributed by atoms with van der Waals surface area (Å²) < 4.78 is 38.6. The molecular formula is C16H22N2O5S. The van der Waals surface area contributed by atoms with Crippen molar-refractivity contribution in [3.63, 3.8) is 0 Å². The molecule has 0 aromatic heterocycles. The van der Waals surface area contributed by atoms with Gasteiger partial charge in [-0.15, -0.1) is 0 Å². The predicted molar refractivity (Wildman–Crippen MR) is 88.0 cm³/mol. The second kappa shape index (κ2) is 7.18. The molecule has 0 bridgehead atoms. The molecule has 2 aliphatic rings. The normalized spacial score (nSPS) is 23.3. The number of piperidine rings is 1. The Balaban J connectivity index is 1.83. The van der Waals surface area contributed by atoms with Gasteiger partial charge in [0.1, 0.15) is 0 Å². The van der Waals surface area contributed by atoms with Gasteiger partial charge in [0, 0.05) is 19.2 Å². The number of anilines is 1. The predicted octanol–water partition coefficient (Wildman–Crippen LogP) is 1.56. The van der Waals surface area contributed by atoms with Gasteiger partial charge in [-0.1, -0.05) is 6.42 Å². The SMILES string of the molecule is CC(=O)Nc1ccc(S(=O)(=O)N2CCCC[C@H]2C2OCCO2)cc1. The van der Waals surface area contributed by atoms with Crippen molar-refractivity contribution in [1.82, 2.24) is 4.31 Å². The minimum atomic E-state index is -3.63. The van der Waals surface area contributed by atoms with E-state index in [1.807, 2.05) is 0 Å². The summed E-state index contributed by atoms with van der Waals surface area (Å²) in [5.41, 5.74) is 0.569. The number of carbonyl (C=O) groups excluding carboxylic acids is 1. The van der Waals surface area contributed by atoms with Crippen LogP contribution in [0.25, 0.3) is 0 Å². The van der Waals surface area contributed by atoms with Gasteiger partial charge in [0.25, 0.3) is 0 Å². The van der Waals surface area contributed by atoms with Crippen molar-refractivity contribution in [1.29, 1.82) is 0 Å². The molecule has 132 valence electrons. The lowest BCUT2D eigenvalue weighted by Gasteiger charge is -2.36. The topological polar surface area (TPSA) is 84.9 Å².